The number of allylic oxidation sites excluding steroid dienone is 13. The molecule has 0 aliphatic carbocycles. The first-order valence-corrected chi connectivity index (χ1v) is 36.8. The van der Waals surface area contributed by atoms with Crippen LogP contribution in [0.25, 0.3) is 0 Å². The maximum Gasteiger partial charge on any atom is 0.220 e. The van der Waals surface area contributed by atoms with Gasteiger partial charge in [0.2, 0.25) is 5.91 Å². The highest BCUT2D eigenvalue weighted by molar-refractivity contribution is 5.76. The molecule has 3 heterocycles. The van der Waals surface area contributed by atoms with Crippen molar-refractivity contribution in [2.24, 2.45) is 0 Å². The van der Waals surface area contributed by atoms with E-state index in [-0.39, 0.29) is 18.9 Å². The van der Waals surface area contributed by atoms with Gasteiger partial charge in [-0.3, -0.25) is 4.79 Å². The molecule has 0 aromatic carbocycles. The van der Waals surface area contributed by atoms with E-state index < -0.39 is 124 Å². The van der Waals surface area contributed by atoms with E-state index in [0.717, 1.165) is 96.3 Å². The smallest absolute Gasteiger partial charge is 0.220 e. The summed E-state index contributed by atoms with van der Waals surface area (Å²) in [6.07, 6.45) is 45.4. The Kier molecular flexibility index (Phi) is 50.6. The molecule has 544 valence electrons. The summed E-state index contributed by atoms with van der Waals surface area (Å²) in [5.41, 5.74) is 0. The average Bonchev–Trinajstić information content (AvgIpc) is 0.787. The maximum absolute atomic E-state index is 13.4. The van der Waals surface area contributed by atoms with E-state index in [1.54, 1.807) is 6.08 Å². The van der Waals surface area contributed by atoms with Crippen LogP contribution >= 0.6 is 0 Å². The van der Waals surface area contributed by atoms with Gasteiger partial charge in [0, 0.05) is 6.42 Å². The minimum Gasteiger partial charge on any atom is -0.394 e. The summed E-state index contributed by atoms with van der Waals surface area (Å²) in [7, 11) is 0. The first kappa shape index (κ1) is 85.2. The van der Waals surface area contributed by atoms with Crippen molar-refractivity contribution in [3.05, 3.63) is 85.1 Å². The molecule has 0 aromatic heterocycles. The average molecular weight is 1330 g/mol. The highest BCUT2D eigenvalue weighted by Gasteiger charge is 2.53. The number of amides is 1. The molecule has 94 heavy (non-hydrogen) atoms. The molecule has 3 aliphatic rings. The van der Waals surface area contributed by atoms with Crippen LogP contribution in [0.1, 0.15) is 251 Å². The van der Waals surface area contributed by atoms with Gasteiger partial charge in [0.25, 0.3) is 0 Å². The van der Waals surface area contributed by atoms with Crippen LogP contribution in [0.4, 0.5) is 0 Å². The molecule has 0 aromatic rings. The van der Waals surface area contributed by atoms with E-state index in [0.29, 0.717) is 6.42 Å². The highest BCUT2D eigenvalue weighted by Crippen LogP contribution is 2.33. The Morgan fingerprint density at radius 3 is 1.15 bits per heavy atom. The van der Waals surface area contributed by atoms with Crippen molar-refractivity contribution in [1.29, 1.82) is 0 Å². The molecule has 3 saturated heterocycles. The number of aliphatic hydroxyl groups excluding tert-OH is 11. The lowest BCUT2D eigenvalue weighted by atomic mass is 9.96. The van der Waals surface area contributed by atoms with Crippen molar-refractivity contribution in [3.8, 4) is 0 Å². The predicted molar refractivity (Wildman–Crippen MR) is 369 cm³/mol. The second kappa shape index (κ2) is 55.8. The van der Waals surface area contributed by atoms with Gasteiger partial charge in [-0.2, -0.15) is 0 Å². The lowest BCUT2D eigenvalue weighted by Gasteiger charge is -2.48. The Morgan fingerprint density at radius 1 is 0.394 bits per heavy atom. The normalized spacial score (nSPS) is 27.9. The van der Waals surface area contributed by atoms with Crippen molar-refractivity contribution in [1.82, 2.24) is 5.32 Å². The molecule has 3 rings (SSSR count). The van der Waals surface area contributed by atoms with Gasteiger partial charge >= 0.3 is 0 Å². The van der Waals surface area contributed by atoms with Gasteiger partial charge in [0.05, 0.1) is 38.6 Å². The summed E-state index contributed by atoms with van der Waals surface area (Å²) in [6.45, 7) is 1.63. The van der Waals surface area contributed by atoms with Crippen LogP contribution in [0, 0.1) is 0 Å². The number of hydrogen-bond donors (Lipinski definition) is 12. The van der Waals surface area contributed by atoms with Gasteiger partial charge in [-0.25, -0.2) is 0 Å². The predicted octanol–water partition coefficient (Wildman–Crippen LogP) is 10.7. The third-order valence-corrected chi connectivity index (χ3v) is 17.9. The minimum atomic E-state index is -1.98. The zero-order valence-electron chi connectivity index (χ0n) is 57.7. The van der Waals surface area contributed by atoms with Crippen LogP contribution in [-0.4, -0.2) is 193 Å². The third-order valence-electron chi connectivity index (χ3n) is 17.9. The van der Waals surface area contributed by atoms with Crippen LogP contribution in [0.15, 0.2) is 85.1 Å². The van der Waals surface area contributed by atoms with Crippen molar-refractivity contribution >= 4 is 5.91 Å². The molecule has 17 atom stereocenters. The Hall–Kier alpha value is -3.03. The molecule has 12 N–H and O–H groups in total. The third kappa shape index (κ3) is 36.7. The summed E-state index contributed by atoms with van der Waals surface area (Å²) < 4.78 is 34.4. The molecule has 0 bridgehead atoms. The molecule has 0 spiro atoms. The fourth-order valence-electron chi connectivity index (χ4n) is 12.0. The maximum atomic E-state index is 13.4. The number of unbranched alkanes of at least 4 members (excludes halogenated alkanes) is 28. The molecule has 19 heteroatoms. The number of nitrogens with one attached hydrogen (secondary N) is 1. The van der Waals surface area contributed by atoms with Crippen LogP contribution in [0.5, 0.6) is 0 Å². The lowest BCUT2D eigenvalue weighted by molar-refractivity contribution is -0.379. The van der Waals surface area contributed by atoms with Crippen molar-refractivity contribution in [2.75, 3.05) is 26.4 Å². The van der Waals surface area contributed by atoms with Gasteiger partial charge in [0.15, 0.2) is 18.9 Å². The molecule has 3 fully saturated rings. The summed E-state index contributed by atoms with van der Waals surface area (Å²) >= 11 is 0. The minimum absolute atomic E-state index is 0.234. The number of carbonyl (C=O) groups is 1. The summed E-state index contributed by atoms with van der Waals surface area (Å²) in [6, 6.07) is -0.981. The van der Waals surface area contributed by atoms with Crippen LogP contribution in [0.2, 0.25) is 0 Å². The highest BCUT2D eigenvalue weighted by atomic mass is 16.8. The quantitative estimate of drug-likeness (QED) is 0.0199. The van der Waals surface area contributed by atoms with Crippen LogP contribution in [0.3, 0.4) is 0 Å². The standard InChI is InChI=1S/C75H131NO18/c1-3-5-7-9-11-13-15-17-19-21-23-25-26-27-28-29-30-31-32-33-35-37-39-41-43-45-47-49-51-53-63(81)76-58(59(80)52-50-48-46-44-42-40-38-36-34-24-22-20-18-16-14-12-10-8-6-4-2)57-89-73-69(87)66(84)71(61(55-78)91-73)94-75-70(88)67(85)72(62(56-79)92-75)93-74-68(86)65(83)64(82)60(54-77)90-74/h5,7,11,13,17,19,23,25,27-28,30-31,50,52,58-62,64-75,77-80,82-88H,3-4,6,8-10,12,14-16,18,20-22,24,26,29,32-49,51,53-57H2,1-2H3,(H,76,81)/b7-5-,13-11-,19-17-,25-23-,28-27-,31-30-,52-50+. The Labute approximate surface area is 565 Å². The summed E-state index contributed by atoms with van der Waals surface area (Å²) in [5.74, 6) is -0.282. The van der Waals surface area contributed by atoms with Gasteiger partial charge in [-0.15, -0.1) is 0 Å². The largest absolute Gasteiger partial charge is 0.394 e. The molecule has 3 aliphatic heterocycles. The fourth-order valence-corrected chi connectivity index (χ4v) is 12.0. The fraction of sp³-hybridized carbons (Fsp3) is 0.800. The number of hydrogen-bond acceptors (Lipinski definition) is 18. The Morgan fingerprint density at radius 2 is 0.734 bits per heavy atom. The van der Waals surface area contributed by atoms with Gasteiger partial charge < -0.3 is 89.9 Å². The Balaban J connectivity index is 1.41. The van der Waals surface area contributed by atoms with Gasteiger partial charge in [0.1, 0.15) is 73.2 Å². The van der Waals surface area contributed by atoms with E-state index in [4.69, 9.17) is 28.4 Å². The first-order chi connectivity index (χ1) is 45.8. The van der Waals surface area contributed by atoms with Crippen molar-refractivity contribution < 1.29 is 89.4 Å². The van der Waals surface area contributed by atoms with E-state index in [1.165, 1.54) is 128 Å². The van der Waals surface area contributed by atoms with E-state index in [9.17, 15) is 61.0 Å². The number of rotatable bonds is 56. The molecular weight excluding hydrogens is 1200 g/mol. The summed E-state index contributed by atoms with van der Waals surface area (Å²) in [4.78, 5) is 13.4. The van der Waals surface area contributed by atoms with Crippen LogP contribution in [-0.2, 0) is 33.2 Å². The van der Waals surface area contributed by atoms with E-state index >= 15 is 0 Å². The zero-order chi connectivity index (χ0) is 68.2. The van der Waals surface area contributed by atoms with Crippen LogP contribution < -0.4 is 5.32 Å². The van der Waals surface area contributed by atoms with Gasteiger partial charge in [-0.05, 0) is 70.6 Å². The first-order valence-electron chi connectivity index (χ1n) is 36.8. The molecule has 17 unspecified atom stereocenters. The van der Waals surface area contributed by atoms with Crippen molar-refractivity contribution in [3.63, 3.8) is 0 Å². The second-order valence-corrected chi connectivity index (χ2v) is 26.0. The van der Waals surface area contributed by atoms with Gasteiger partial charge in [-0.1, -0.05) is 259 Å². The second-order valence-electron chi connectivity index (χ2n) is 26.0. The molecular formula is C75H131NO18. The Bertz CT molecular complexity index is 2030. The van der Waals surface area contributed by atoms with E-state index in [1.807, 2.05) is 6.08 Å². The lowest BCUT2D eigenvalue weighted by Crippen LogP contribution is -2.66. The SMILES string of the molecule is CC/C=C\C/C=C\C/C=C\C/C=C\C/C=C\C/C=C\CCCCCCCCCCCCC(=O)NC(COC1OC(CO)C(OC2OC(CO)C(OC3OC(CO)C(O)C(O)C3O)C(O)C2O)C(O)C1O)C(O)/C=C/CCCCCCCCCCCCCCCCCCCC. The number of ether oxygens (including phenoxy) is 6. The zero-order valence-corrected chi connectivity index (χ0v) is 57.7. The molecule has 0 saturated carbocycles. The topological polar surface area (TPSA) is 307 Å². The van der Waals surface area contributed by atoms with E-state index in [2.05, 4.69) is 92.1 Å². The molecule has 1 amide bonds. The molecule has 19 nitrogen and oxygen atoms in total. The summed E-state index contributed by atoms with van der Waals surface area (Å²) in [5, 5.41) is 121. The van der Waals surface area contributed by atoms with Crippen molar-refractivity contribution in [2.45, 2.75) is 356 Å². The number of carbonyl (C=O) groups excluding carboxylic acids is 1. The number of aliphatic hydroxyl groups is 11. The monoisotopic (exact) mass is 1330 g/mol. The molecule has 0 radical (unpaired) electrons.